The van der Waals surface area contributed by atoms with Gasteiger partial charge in [-0.2, -0.15) is 0 Å². The Morgan fingerprint density at radius 2 is 2.00 bits per heavy atom. The summed E-state index contributed by atoms with van der Waals surface area (Å²) in [7, 11) is 1.50. The number of anilines is 1. The molecule has 0 unspecified atom stereocenters. The van der Waals surface area contributed by atoms with E-state index < -0.39 is 0 Å². The first kappa shape index (κ1) is 16.6. The summed E-state index contributed by atoms with van der Waals surface area (Å²) in [6.45, 7) is 3.34. The number of benzene rings is 2. The molecule has 0 radical (unpaired) electrons. The zero-order valence-corrected chi connectivity index (χ0v) is 14.2. The SMILES string of the molecule is COc1ccc(C(=O)c2c(C)noc2C)c(O)c1-c1cccc(N)c1. The fraction of sp³-hybridized carbons (Fsp3) is 0.158. The first-order valence-corrected chi connectivity index (χ1v) is 7.67. The van der Waals surface area contributed by atoms with Crippen molar-refractivity contribution in [2.75, 3.05) is 12.8 Å². The fourth-order valence-corrected chi connectivity index (χ4v) is 2.84. The number of aromatic hydroxyl groups is 1. The van der Waals surface area contributed by atoms with Crippen molar-refractivity contribution in [3.05, 3.63) is 59.0 Å². The summed E-state index contributed by atoms with van der Waals surface area (Å²) in [5, 5.41) is 14.6. The summed E-state index contributed by atoms with van der Waals surface area (Å²) in [6.07, 6.45) is 0. The van der Waals surface area contributed by atoms with Gasteiger partial charge in [-0.3, -0.25) is 4.79 Å². The van der Waals surface area contributed by atoms with Crippen LogP contribution in [0.4, 0.5) is 5.69 Å². The Kier molecular flexibility index (Phi) is 4.19. The molecule has 0 spiro atoms. The maximum Gasteiger partial charge on any atom is 0.202 e. The number of aryl methyl sites for hydroxylation is 2. The van der Waals surface area contributed by atoms with Gasteiger partial charge in [-0.1, -0.05) is 17.3 Å². The lowest BCUT2D eigenvalue weighted by molar-refractivity contribution is 0.103. The molecule has 1 heterocycles. The molecular formula is C19H18N2O4. The third-order valence-electron chi connectivity index (χ3n) is 4.04. The number of phenolic OH excluding ortho intramolecular Hbond substituents is 1. The van der Waals surface area contributed by atoms with Crippen LogP contribution in [0.2, 0.25) is 0 Å². The number of aromatic nitrogens is 1. The Hall–Kier alpha value is -3.28. The molecule has 0 bridgehead atoms. The minimum Gasteiger partial charge on any atom is -0.506 e. The van der Waals surface area contributed by atoms with Crippen LogP contribution < -0.4 is 10.5 Å². The highest BCUT2D eigenvalue weighted by atomic mass is 16.5. The van der Waals surface area contributed by atoms with E-state index in [9.17, 15) is 9.90 Å². The van der Waals surface area contributed by atoms with Crippen LogP contribution in [0, 0.1) is 13.8 Å². The van der Waals surface area contributed by atoms with E-state index in [0.717, 1.165) is 0 Å². The van der Waals surface area contributed by atoms with Crippen molar-refractivity contribution in [1.82, 2.24) is 5.16 Å². The number of nitrogen functional groups attached to an aromatic ring is 1. The van der Waals surface area contributed by atoms with Crippen LogP contribution in [0.25, 0.3) is 11.1 Å². The number of hydrogen-bond donors (Lipinski definition) is 2. The second kappa shape index (κ2) is 6.32. The molecule has 2 aromatic carbocycles. The van der Waals surface area contributed by atoms with Crippen LogP contribution in [0.5, 0.6) is 11.5 Å². The van der Waals surface area contributed by atoms with Gasteiger partial charge in [0.05, 0.1) is 29.5 Å². The summed E-state index contributed by atoms with van der Waals surface area (Å²) < 4.78 is 10.4. The third kappa shape index (κ3) is 2.82. The minimum absolute atomic E-state index is 0.146. The second-order valence-corrected chi connectivity index (χ2v) is 5.69. The zero-order chi connectivity index (χ0) is 18.1. The van der Waals surface area contributed by atoms with E-state index in [1.54, 1.807) is 44.2 Å². The lowest BCUT2D eigenvalue weighted by atomic mass is 9.95. The number of nitrogens with two attached hydrogens (primary N) is 1. The van der Waals surface area contributed by atoms with Gasteiger partial charge in [0.15, 0.2) is 0 Å². The van der Waals surface area contributed by atoms with E-state index in [0.29, 0.717) is 39.6 Å². The summed E-state index contributed by atoms with van der Waals surface area (Å²) in [4.78, 5) is 12.9. The molecule has 0 saturated heterocycles. The Balaban J connectivity index is 2.21. The topological polar surface area (TPSA) is 98.6 Å². The number of methoxy groups -OCH3 is 1. The maximum absolute atomic E-state index is 12.9. The molecular weight excluding hydrogens is 320 g/mol. The van der Waals surface area contributed by atoms with E-state index in [2.05, 4.69) is 5.16 Å². The molecule has 128 valence electrons. The van der Waals surface area contributed by atoms with Gasteiger partial charge in [0, 0.05) is 5.69 Å². The number of ether oxygens (including phenoxy) is 1. The molecule has 1 aromatic heterocycles. The molecule has 3 aromatic rings. The molecule has 0 aliphatic carbocycles. The number of rotatable bonds is 4. The molecule has 0 fully saturated rings. The summed E-state index contributed by atoms with van der Waals surface area (Å²) in [5.74, 6) is 0.318. The molecule has 3 rings (SSSR count). The zero-order valence-electron chi connectivity index (χ0n) is 14.2. The number of nitrogens with zero attached hydrogens (tertiary/aromatic N) is 1. The Bertz CT molecular complexity index is 941. The summed E-state index contributed by atoms with van der Waals surface area (Å²) >= 11 is 0. The monoisotopic (exact) mass is 338 g/mol. The lowest BCUT2D eigenvalue weighted by Gasteiger charge is -2.14. The number of ketones is 1. The maximum atomic E-state index is 12.9. The average molecular weight is 338 g/mol. The summed E-state index contributed by atoms with van der Waals surface area (Å²) in [6, 6.07) is 10.2. The fourth-order valence-electron chi connectivity index (χ4n) is 2.84. The minimum atomic E-state index is -0.360. The molecule has 25 heavy (non-hydrogen) atoms. The quantitative estimate of drug-likeness (QED) is 0.558. The van der Waals surface area contributed by atoms with E-state index >= 15 is 0 Å². The molecule has 0 saturated carbocycles. The molecule has 3 N–H and O–H groups in total. The van der Waals surface area contributed by atoms with Crippen LogP contribution in [0.15, 0.2) is 40.9 Å². The Labute approximate surface area is 144 Å². The highest BCUT2D eigenvalue weighted by Gasteiger charge is 2.25. The van der Waals surface area contributed by atoms with Crippen molar-refractivity contribution in [2.45, 2.75) is 13.8 Å². The smallest absolute Gasteiger partial charge is 0.202 e. The van der Waals surface area contributed by atoms with Gasteiger partial charge < -0.3 is 20.1 Å². The van der Waals surface area contributed by atoms with Crippen LogP contribution in [0.1, 0.15) is 27.4 Å². The predicted octanol–water partition coefficient (Wildman–Crippen LogP) is 3.49. The van der Waals surface area contributed by atoms with Crippen LogP contribution in [-0.2, 0) is 0 Å². The Morgan fingerprint density at radius 1 is 1.24 bits per heavy atom. The van der Waals surface area contributed by atoms with E-state index in [1.807, 2.05) is 0 Å². The van der Waals surface area contributed by atoms with Gasteiger partial charge in [0.25, 0.3) is 0 Å². The first-order chi connectivity index (χ1) is 11.9. The van der Waals surface area contributed by atoms with Gasteiger partial charge >= 0.3 is 0 Å². The Morgan fingerprint density at radius 3 is 2.60 bits per heavy atom. The van der Waals surface area contributed by atoms with Crippen molar-refractivity contribution in [2.24, 2.45) is 0 Å². The normalized spacial score (nSPS) is 10.7. The first-order valence-electron chi connectivity index (χ1n) is 7.67. The molecule has 6 nitrogen and oxygen atoms in total. The van der Waals surface area contributed by atoms with Gasteiger partial charge in [-0.05, 0) is 43.7 Å². The van der Waals surface area contributed by atoms with E-state index in [4.69, 9.17) is 15.0 Å². The number of phenols is 1. The average Bonchev–Trinajstić information content (AvgIpc) is 2.92. The number of hydrogen-bond acceptors (Lipinski definition) is 6. The number of carbonyl (C=O) groups excluding carboxylic acids is 1. The van der Waals surface area contributed by atoms with Gasteiger partial charge in [0.2, 0.25) is 5.78 Å². The predicted molar refractivity (Wildman–Crippen MR) is 93.9 cm³/mol. The van der Waals surface area contributed by atoms with E-state index in [-0.39, 0.29) is 17.1 Å². The standard InChI is InChI=1S/C19H18N2O4/c1-10-16(11(2)25-21-10)18(22)14-7-8-15(24-3)17(19(14)23)12-5-4-6-13(20)9-12/h4-9,23H,20H2,1-3H3. The van der Waals surface area contributed by atoms with Crippen LogP contribution in [-0.4, -0.2) is 23.2 Å². The van der Waals surface area contributed by atoms with Gasteiger partial charge in [-0.15, -0.1) is 0 Å². The van der Waals surface area contributed by atoms with E-state index in [1.165, 1.54) is 13.2 Å². The van der Waals surface area contributed by atoms with Crippen LogP contribution >= 0.6 is 0 Å². The van der Waals surface area contributed by atoms with Crippen molar-refractivity contribution in [3.8, 4) is 22.6 Å². The third-order valence-corrected chi connectivity index (χ3v) is 4.04. The molecule has 0 aliphatic rings. The number of carbonyl (C=O) groups is 1. The van der Waals surface area contributed by atoms with Crippen molar-refractivity contribution in [1.29, 1.82) is 0 Å². The van der Waals surface area contributed by atoms with Crippen molar-refractivity contribution in [3.63, 3.8) is 0 Å². The lowest BCUT2D eigenvalue weighted by Crippen LogP contribution is -2.05. The molecule has 6 heteroatoms. The summed E-state index contributed by atoms with van der Waals surface area (Å²) in [5.41, 5.74) is 8.42. The van der Waals surface area contributed by atoms with Crippen LogP contribution in [0.3, 0.4) is 0 Å². The molecule has 0 atom stereocenters. The highest BCUT2D eigenvalue weighted by Crippen LogP contribution is 2.41. The second-order valence-electron chi connectivity index (χ2n) is 5.69. The van der Waals surface area contributed by atoms with Crippen molar-refractivity contribution < 1.29 is 19.2 Å². The van der Waals surface area contributed by atoms with Gasteiger partial charge in [0.1, 0.15) is 17.3 Å². The largest absolute Gasteiger partial charge is 0.506 e. The van der Waals surface area contributed by atoms with Crippen molar-refractivity contribution >= 4 is 11.5 Å². The molecule has 0 aliphatic heterocycles. The van der Waals surface area contributed by atoms with Gasteiger partial charge in [-0.25, -0.2) is 0 Å². The highest BCUT2D eigenvalue weighted by molar-refractivity contribution is 6.13. The molecule has 0 amide bonds.